The van der Waals surface area contributed by atoms with E-state index in [0.717, 1.165) is 18.4 Å². The lowest BCUT2D eigenvalue weighted by Crippen LogP contribution is -2.33. The van der Waals surface area contributed by atoms with Crippen LogP contribution in [-0.2, 0) is 17.8 Å². The molecule has 0 aliphatic carbocycles. The largest absolute Gasteiger partial charge is 0.394 e. The highest BCUT2D eigenvalue weighted by Gasteiger charge is 2.10. The highest BCUT2D eigenvalue weighted by atomic mass is 16.3. The van der Waals surface area contributed by atoms with E-state index in [2.05, 4.69) is 38.1 Å². The zero-order valence-electron chi connectivity index (χ0n) is 11.5. The maximum atomic E-state index is 10.9. The lowest BCUT2D eigenvalue weighted by Gasteiger charge is -2.23. The van der Waals surface area contributed by atoms with Crippen molar-refractivity contribution >= 4 is 6.41 Å². The molecule has 3 heteroatoms. The van der Waals surface area contributed by atoms with Crippen LogP contribution in [0.25, 0.3) is 0 Å². The fourth-order valence-corrected chi connectivity index (χ4v) is 1.86. The molecule has 3 nitrogen and oxygen atoms in total. The predicted octanol–water partition coefficient (Wildman–Crippen LogP) is 2.22. The van der Waals surface area contributed by atoms with Crippen LogP contribution in [0.5, 0.6) is 0 Å². The van der Waals surface area contributed by atoms with Crippen molar-refractivity contribution in [3.05, 3.63) is 35.4 Å². The van der Waals surface area contributed by atoms with Gasteiger partial charge in [0.05, 0.1) is 12.6 Å². The number of hydrogen-bond donors (Lipinski definition) is 1. The van der Waals surface area contributed by atoms with Gasteiger partial charge in [-0.05, 0) is 30.4 Å². The van der Waals surface area contributed by atoms with E-state index < -0.39 is 0 Å². The average Bonchev–Trinajstić information content (AvgIpc) is 2.36. The molecule has 1 N–H and O–H groups in total. The van der Waals surface area contributed by atoms with E-state index in [0.29, 0.717) is 12.5 Å². The van der Waals surface area contributed by atoms with E-state index >= 15 is 0 Å². The number of carbonyl (C=O) groups excluding carboxylic acids is 1. The Morgan fingerprint density at radius 2 is 1.72 bits per heavy atom. The number of benzene rings is 1. The van der Waals surface area contributed by atoms with Crippen molar-refractivity contribution in [3.63, 3.8) is 0 Å². The summed E-state index contributed by atoms with van der Waals surface area (Å²) in [5.41, 5.74) is 2.41. The van der Waals surface area contributed by atoms with Crippen molar-refractivity contribution in [2.75, 3.05) is 6.61 Å². The van der Waals surface area contributed by atoms with Crippen molar-refractivity contribution in [2.45, 2.75) is 39.8 Å². The first-order chi connectivity index (χ1) is 8.56. The Balaban J connectivity index is 2.64. The molecule has 1 amide bonds. The van der Waals surface area contributed by atoms with E-state index in [-0.39, 0.29) is 12.6 Å². The molecule has 0 saturated carbocycles. The molecule has 0 bridgehead atoms. The maximum Gasteiger partial charge on any atom is 0.210 e. The van der Waals surface area contributed by atoms with Gasteiger partial charge < -0.3 is 10.0 Å². The minimum Gasteiger partial charge on any atom is -0.394 e. The predicted molar refractivity (Wildman–Crippen MR) is 73.1 cm³/mol. The molecule has 0 spiro atoms. The molecule has 0 heterocycles. The Morgan fingerprint density at radius 3 is 2.17 bits per heavy atom. The summed E-state index contributed by atoms with van der Waals surface area (Å²) < 4.78 is 0. The van der Waals surface area contributed by atoms with E-state index in [4.69, 9.17) is 5.11 Å². The minimum atomic E-state index is -0.141. The van der Waals surface area contributed by atoms with Gasteiger partial charge in [-0.25, -0.2) is 0 Å². The third kappa shape index (κ3) is 4.49. The summed E-state index contributed by atoms with van der Waals surface area (Å²) in [4.78, 5) is 12.5. The quantitative estimate of drug-likeness (QED) is 0.753. The van der Waals surface area contributed by atoms with Crippen LogP contribution in [-0.4, -0.2) is 29.1 Å². The maximum absolute atomic E-state index is 10.9. The Bertz CT molecular complexity index is 359. The van der Waals surface area contributed by atoms with Crippen molar-refractivity contribution in [1.82, 2.24) is 4.90 Å². The van der Waals surface area contributed by atoms with Gasteiger partial charge in [0.2, 0.25) is 6.41 Å². The smallest absolute Gasteiger partial charge is 0.210 e. The van der Waals surface area contributed by atoms with Crippen LogP contribution in [0.1, 0.15) is 31.9 Å². The first-order valence-electron chi connectivity index (χ1n) is 6.46. The minimum absolute atomic E-state index is 0.00975. The molecule has 0 radical (unpaired) electrons. The van der Waals surface area contributed by atoms with Crippen LogP contribution >= 0.6 is 0 Å². The molecule has 1 atom stereocenters. The number of aliphatic hydroxyl groups is 1. The van der Waals surface area contributed by atoms with Gasteiger partial charge in [0.15, 0.2) is 0 Å². The lowest BCUT2D eigenvalue weighted by molar-refractivity contribution is -0.121. The molecule has 1 unspecified atom stereocenters. The first-order valence-corrected chi connectivity index (χ1v) is 6.46. The number of hydrogen-bond acceptors (Lipinski definition) is 2. The number of nitrogens with zero attached hydrogens (tertiary/aromatic N) is 1. The van der Waals surface area contributed by atoms with Crippen LogP contribution in [0, 0.1) is 5.92 Å². The SMILES string of the molecule is CC(C)Cc1ccc(CN(C=O)C(C)CO)cc1. The van der Waals surface area contributed by atoms with Gasteiger partial charge in [-0.15, -0.1) is 0 Å². The van der Waals surface area contributed by atoms with Crippen molar-refractivity contribution in [1.29, 1.82) is 0 Å². The van der Waals surface area contributed by atoms with Crippen LogP contribution in [0.15, 0.2) is 24.3 Å². The standard InChI is InChI=1S/C15H23NO2/c1-12(2)8-14-4-6-15(7-5-14)9-16(11-18)13(3)10-17/h4-7,11-13,17H,8-10H2,1-3H3. The van der Waals surface area contributed by atoms with Crippen molar-refractivity contribution in [3.8, 4) is 0 Å². The second-order valence-corrected chi connectivity index (χ2v) is 5.22. The van der Waals surface area contributed by atoms with E-state index in [1.54, 1.807) is 4.90 Å². The van der Waals surface area contributed by atoms with E-state index in [1.807, 2.05) is 6.92 Å². The molecule has 0 aliphatic rings. The Kier molecular flexibility index (Phi) is 5.86. The normalized spacial score (nSPS) is 12.5. The second kappa shape index (κ2) is 7.17. The number of carbonyl (C=O) groups is 1. The van der Waals surface area contributed by atoms with Gasteiger partial charge in [0.25, 0.3) is 0 Å². The number of amides is 1. The van der Waals surface area contributed by atoms with Crippen LogP contribution in [0.4, 0.5) is 0 Å². The van der Waals surface area contributed by atoms with Gasteiger partial charge in [0, 0.05) is 6.54 Å². The molecule has 0 aliphatic heterocycles. The summed E-state index contributed by atoms with van der Waals surface area (Å²) >= 11 is 0. The second-order valence-electron chi connectivity index (χ2n) is 5.22. The molecule has 0 aromatic heterocycles. The molecule has 1 rings (SSSR count). The molecular weight excluding hydrogens is 226 g/mol. The molecule has 1 aromatic rings. The third-order valence-corrected chi connectivity index (χ3v) is 3.00. The van der Waals surface area contributed by atoms with E-state index in [9.17, 15) is 4.79 Å². The van der Waals surface area contributed by atoms with Crippen LogP contribution in [0.3, 0.4) is 0 Å². The summed E-state index contributed by atoms with van der Waals surface area (Å²) in [6.07, 6.45) is 1.87. The summed E-state index contributed by atoms with van der Waals surface area (Å²) in [5.74, 6) is 0.650. The van der Waals surface area contributed by atoms with Gasteiger partial charge in [0.1, 0.15) is 0 Å². The van der Waals surface area contributed by atoms with Crippen molar-refractivity contribution in [2.24, 2.45) is 5.92 Å². The molecule has 100 valence electrons. The summed E-state index contributed by atoms with van der Waals surface area (Å²) in [5, 5.41) is 9.06. The molecular formula is C15H23NO2. The fraction of sp³-hybridized carbons (Fsp3) is 0.533. The Morgan fingerprint density at radius 1 is 1.17 bits per heavy atom. The van der Waals surface area contributed by atoms with Gasteiger partial charge in [-0.3, -0.25) is 4.79 Å². The first kappa shape index (κ1) is 14.7. The topological polar surface area (TPSA) is 40.5 Å². The zero-order chi connectivity index (χ0) is 13.5. The van der Waals surface area contributed by atoms with Gasteiger partial charge >= 0.3 is 0 Å². The molecule has 0 saturated heterocycles. The summed E-state index contributed by atoms with van der Waals surface area (Å²) in [6, 6.07) is 8.19. The highest BCUT2D eigenvalue weighted by molar-refractivity contribution is 5.48. The zero-order valence-corrected chi connectivity index (χ0v) is 11.5. The highest BCUT2D eigenvalue weighted by Crippen LogP contribution is 2.12. The number of rotatable bonds is 7. The monoisotopic (exact) mass is 249 g/mol. The molecule has 18 heavy (non-hydrogen) atoms. The van der Waals surface area contributed by atoms with Gasteiger partial charge in [-0.2, -0.15) is 0 Å². The average molecular weight is 249 g/mol. The van der Waals surface area contributed by atoms with Crippen LogP contribution < -0.4 is 0 Å². The number of aliphatic hydroxyl groups excluding tert-OH is 1. The Labute approximate surface area is 109 Å². The molecule has 1 aromatic carbocycles. The lowest BCUT2D eigenvalue weighted by atomic mass is 10.0. The van der Waals surface area contributed by atoms with Gasteiger partial charge in [-0.1, -0.05) is 38.1 Å². The molecule has 0 fully saturated rings. The van der Waals surface area contributed by atoms with Crippen molar-refractivity contribution < 1.29 is 9.90 Å². The van der Waals surface area contributed by atoms with E-state index in [1.165, 1.54) is 5.56 Å². The fourth-order valence-electron chi connectivity index (χ4n) is 1.86. The summed E-state index contributed by atoms with van der Waals surface area (Å²) in [6.45, 7) is 6.77. The summed E-state index contributed by atoms with van der Waals surface area (Å²) in [7, 11) is 0. The third-order valence-electron chi connectivity index (χ3n) is 3.00. The van der Waals surface area contributed by atoms with Crippen LogP contribution in [0.2, 0.25) is 0 Å². The Hall–Kier alpha value is -1.35.